The maximum absolute atomic E-state index is 11.5. The topological polar surface area (TPSA) is 75.6 Å². The summed E-state index contributed by atoms with van der Waals surface area (Å²) in [5.74, 6) is -0.981. The van der Waals surface area contributed by atoms with Crippen LogP contribution in [-0.4, -0.2) is 36.7 Å². The van der Waals surface area contributed by atoms with E-state index in [4.69, 9.17) is 9.84 Å². The Labute approximate surface area is 101 Å². The first kappa shape index (κ1) is 12.4. The van der Waals surface area contributed by atoms with Gasteiger partial charge in [0.05, 0.1) is 11.8 Å². The molecular weight excluding hydrogens is 222 g/mol. The molecule has 0 aromatic carbocycles. The van der Waals surface area contributed by atoms with Crippen LogP contribution < -0.4 is 5.32 Å². The van der Waals surface area contributed by atoms with Crippen LogP contribution in [0.25, 0.3) is 0 Å². The number of amides is 1. The highest BCUT2D eigenvalue weighted by molar-refractivity contribution is 5.89. The fourth-order valence-electron chi connectivity index (χ4n) is 1.81. The lowest BCUT2D eigenvalue weighted by Gasteiger charge is -2.05. The highest BCUT2D eigenvalue weighted by Crippen LogP contribution is 2.38. The van der Waals surface area contributed by atoms with E-state index in [9.17, 15) is 9.59 Å². The molecule has 2 aliphatic rings. The largest absolute Gasteiger partial charge is 0.481 e. The van der Waals surface area contributed by atoms with E-state index in [1.54, 1.807) is 0 Å². The number of carboxylic acid groups (broad SMARTS) is 1. The summed E-state index contributed by atoms with van der Waals surface area (Å²) in [6, 6.07) is 0. The molecule has 2 rings (SSSR count). The van der Waals surface area contributed by atoms with E-state index < -0.39 is 11.9 Å². The van der Waals surface area contributed by atoms with E-state index in [0.717, 1.165) is 18.9 Å². The average Bonchev–Trinajstić information content (AvgIpc) is 3.16. The number of ether oxygens (including phenoxy) is 1. The Bertz CT molecular complexity index is 301. The molecule has 2 N–H and O–H groups in total. The van der Waals surface area contributed by atoms with Gasteiger partial charge in [-0.3, -0.25) is 9.59 Å². The number of carboxylic acids is 1. The van der Waals surface area contributed by atoms with Gasteiger partial charge >= 0.3 is 5.97 Å². The van der Waals surface area contributed by atoms with Gasteiger partial charge in [-0.15, -0.1) is 0 Å². The minimum absolute atomic E-state index is 0.125. The molecule has 0 unspecified atom stereocenters. The van der Waals surface area contributed by atoms with E-state index in [1.165, 1.54) is 12.8 Å². The number of rotatable bonds is 8. The normalized spacial score (nSPS) is 26.6. The maximum Gasteiger partial charge on any atom is 0.307 e. The molecule has 0 spiro atoms. The predicted molar refractivity (Wildman–Crippen MR) is 60.4 cm³/mol. The van der Waals surface area contributed by atoms with Crippen molar-refractivity contribution in [2.24, 2.45) is 17.8 Å². The van der Waals surface area contributed by atoms with Crippen molar-refractivity contribution in [3.05, 3.63) is 0 Å². The molecule has 0 saturated heterocycles. The second kappa shape index (κ2) is 5.49. The fourth-order valence-corrected chi connectivity index (χ4v) is 1.81. The summed E-state index contributed by atoms with van der Waals surface area (Å²) in [4.78, 5) is 22.0. The van der Waals surface area contributed by atoms with Gasteiger partial charge in [-0.05, 0) is 31.6 Å². The molecule has 96 valence electrons. The molecule has 0 bridgehead atoms. The molecule has 2 aliphatic carbocycles. The van der Waals surface area contributed by atoms with Crippen LogP contribution in [0.1, 0.15) is 25.7 Å². The van der Waals surface area contributed by atoms with Crippen LogP contribution in [0.2, 0.25) is 0 Å². The van der Waals surface area contributed by atoms with Gasteiger partial charge < -0.3 is 15.2 Å². The molecule has 0 radical (unpaired) electrons. The Kier molecular flexibility index (Phi) is 3.99. The summed E-state index contributed by atoms with van der Waals surface area (Å²) in [5, 5.41) is 11.4. The number of hydrogen-bond acceptors (Lipinski definition) is 3. The minimum Gasteiger partial charge on any atom is -0.481 e. The van der Waals surface area contributed by atoms with E-state index >= 15 is 0 Å². The van der Waals surface area contributed by atoms with Crippen LogP contribution in [0.3, 0.4) is 0 Å². The fraction of sp³-hybridized carbons (Fsp3) is 0.833. The zero-order valence-corrected chi connectivity index (χ0v) is 9.85. The van der Waals surface area contributed by atoms with Crippen molar-refractivity contribution in [2.45, 2.75) is 25.7 Å². The smallest absolute Gasteiger partial charge is 0.307 e. The number of hydrogen-bond donors (Lipinski definition) is 2. The molecule has 2 saturated carbocycles. The Morgan fingerprint density at radius 2 is 2.06 bits per heavy atom. The first-order valence-corrected chi connectivity index (χ1v) is 6.26. The molecule has 0 aliphatic heterocycles. The van der Waals surface area contributed by atoms with E-state index in [2.05, 4.69) is 5.32 Å². The zero-order valence-electron chi connectivity index (χ0n) is 9.85. The third-order valence-electron chi connectivity index (χ3n) is 3.26. The lowest BCUT2D eigenvalue weighted by atomic mass is 10.3. The van der Waals surface area contributed by atoms with Gasteiger partial charge in [0.1, 0.15) is 0 Å². The van der Waals surface area contributed by atoms with Crippen molar-refractivity contribution in [3.63, 3.8) is 0 Å². The summed E-state index contributed by atoms with van der Waals surface area (Å²) >= 11 is 0. The molecular formula is C12H19NO4. The molecule has 2 fully saturated rings. The Hall–Kier alpha value is -1.10. The molecule has 5 heteroatoms. The first-order chi connectivity index (χ1) is 8.18. The number of carbonyl (C=O) groups is 2. The average molecular weight is 241 g/mol. The van der Waals surface area contributed by atoms with Crippen LogP contribution in [0.15, 0.2) is 0 Å². The lowest BCUT2D eigenvalue weighted by Crippen LogP contribution is -2.28. The second-order valence-electron chi connectivity index (χ2n) is 4.95. The SMILES string of the molecule is O=C(O)[C@H]1C[C@H]1C(=O)NCCCOCC1CC1. The Balaban J connectivity index is 1.44. The van der Waals surface area contributed by atoms with Crippen LogP contribution in [0, 0.1) is 17.8 Å². The maximum atomic E-state index is 11.5. The van der Waals surface area contributed by atoms with Gasteiger partial charge in [0.2, 0.25) is 5.91 Å². The Morgan fingerprint density at radius 1 is 1.29 bits per heavy atom. The van der Waals surface area contributed by atoms with Crippen LogP contribution >= 0.6 is 0 Å². The summed E-state index contributed by atoms with van der Waals surface area (Å²) in [7, 11) is 0. The Morgan fingerprint density at radius 3 is 2.65 bits per heavy atom. The molecule has 0 aromatic heterocycles. The van der Waals surface area contributed by atoms with Crippen molar-refractivity contribution < 1.29 is 19.4 Å². The summed E-state index contributed by atoms with van der Waals surface area (Å²) < 4.78 is 5.43. The van der Waals surface area contributed by atoms with Crippen LogP contribution in [0.4, 0.5) is 0 Å². The lowest BCUT2D eigenvalue weighted by molar-refractivity contribution is -0.140. The highest BCUT2D eigenvalue weighted by Gasteiger charge is 2.48. The quantitative estimate of drug-likeness (QED) is 0.611. The standard InChI is InChI=1S/C12H19NO4/c14-11(9-6-10(9)12(15)16)13-4-1-5-17-7-8-2-3-8/h8-10H,1-7H2,(H,13,14)(H,15,16)/t9-,10+/m1/s1. The summed E-state index contributed by atoms with van der Waals surface area (Å²) in [6.07, 6.45) is 3.85. The second-order valence-corrected chi connectivity index (χ2v) is 4.95. The van der Waals surface area contributed by atoms with E-state index in [0.29, 0.717) is 19.6 Å². The van der Waals surface area contributed by atoms with Crippen molar-refractivity contribution in [2.75, 3.05) is 19.8 Å². The molecule has 0 heterocycles. The number of carbonyl (C=O) groups excluding carboxylic acids is 1. The van der Waals surface area contributed by atoms with Gasteiger partial charge in [-0.1, -0.05) is 0 Å². The molecule has 2 atom stereocenters. The van der Waals surface area contributed by atoms with Gasteiger partial charge in [0, 0.05) is 19.8 Å². The van der Waals surface area contributed by atoms with Crippen molar-refractivity contribution in [1.29, 1.82) is 0 Å². The molecule has 1 amide bonds. The summed E-state index contributed by atoms with van der Waals surface area (Å²) in [6.45, 7) is 2.09. The number of aliphatic carboxylic acids is 1. The van der Waals surface area contributed by atoms with Gasteiger partial charge in [0.15, 0.2) is 0 Å². The highest BCUT2D eigenvalue weighted by atomic mass is 16.5. The minimum atomic E-state index is -0.863. The molecule has 17 heavy (non-hydrogen) atoms. The van der Waals surface area contributed by atoms with Crippen LogP contribution in [-0.2, 0) is 14.3 Å². The van der Waals surface area contributed by atoms with E-state index in [-0.39, 0.29) is 11.8 Å². The van der Waals surface area contributed by atoms with Crippen molar-refractivity contribution in [3.8, 4) is 0 Å². The van der Waals surface area contributed by atoms with Crippen molar-refractivity contribution in [1.82, 2.24) is 5.32 Å². The van der Waals surface area contributed by atoms with Gasteiger partial charge in [0.25, 0.3) is 0 Å². The third kappa shape index (κ3) is 4.00. The van der Waals surface area contributed by atoms with E-state index in [1.807, 2.05) is 0 Å². The summed E-state index contributed by atoms with van der Waals surface area (Å²) in [5.41, 5.74) is 0. The van der Waals surface area contributed by atoms with Gasteiger partial charge in [-0.2, -0.15) is 0 Å². The first-order valence-electron chi connectivity index (χ1n) is 6.26. The monoisotopic (exact) mass is 241 g/mol. The third-order valence-corrected chi connectivity index (χ3v) is 3.26. The predicted octanol–water partition coefficient (Wildman–Crippen LogP) is 0.640. The van der Waals surface area contributed by atoms with Crippen molar-refractivity contribution >= 4 is 11.9 Å². The number of nitrogens with one attached hydrogen (secondary N) is 1. The molecule has 5 nitrogen and oxygen atoms in total. The zero-order chi connectivity index (χ0) is 12.3. The van der Waals surface area contributed by atoms with Gasteiger partial charge in [-0.25, -0.2) is 0 Å². The van der Waals surface area contributed by atoms with Crippen LogP contribution in [0.5, 0.6) is 0 Å². The molecule has 0 aromatic rings.